The fraction of sp³-hybridized carbons (Fsp3) is 0.533. The topological polar surface area (TPSA) is 34.0 Å². The van der Waals surface area contributed by atoms with E-state index in [0.29, 0.717) is 12.5 Å². The van der Waals surface area contributed by atoms with Crippen molar-refractivity contribution in [3.8, 4) is 0 Å². The number of hydrogen-bond acceptors (Lipinski definition) is 2. The Bertz CT molecular complexity index is 402. The molecule has 0 spiro atoms. The molecule has 0 saturated carbocycles. The lowest BCUT2D eigenvalue weighted by atomic mass is 10.1. The summed E-state index contributed by atoms with van der Waals surface area (Å²) in [6, 6.07) is 4.43. The molecule has 2 rings (SSSR count). The minimum atomic E-state index is 0.264. The Morgan fingerprint density at radius 3 is 3.00 bits per heavy atom. The van der Waals surface area contributed by atoms with Gasteiger partial charge in [0.15, 0.2) is 5.78 Å². The molecule has 0 atom stereocenters. The molecule has 1 aromatic rings. The first-order valence-corrected chi connectivity index (χ1v) is 6.84. The van der Waals surface area contributed by atoms with E-state index in [2.05, 4.69) is 22.7 Å². The molecule has 0 bridgehead atoms. The van der Waals surface area contributed by atoms with Crippen molar-refractivity contribution >= 4 is 5.78 Å². The monoisotopic (exact) mass is 246 g/mol. The maximum absolute atomic E-state index is 12.2. The fourth-order valence-electron chi connectivity index (χ4n) is 2.57. The smallest absolute Gasteiger partial charge is 0.179 e. The highest BCUT2D eigenvalue weighted by Crippen LogP contribution is 2.22. The van der Waals surface area contributed by atoms with Gasteiger partial charge in [0.2, 0.25) is 0 Å². The number of carbonyl (C=O) groups is 1. The molecule has 1 aliphatic rings. The maximum atomic E-state index is 12.2. The normalized spacial score (nSPS) is 16.7. The Labute approximate surface area is 109 Å². The van der Waals surface area contributed by atoms with Crippen LogP contribution in [0.25, 0.3) is 0 Å². The predicted molar refractivity (Wildman–Crippen MR) is 74.0 cm³/mol. The van der Waals surface area contributed by atoms with Crippen molar-refractivity contribution in [1.29, 1.82) is 0 Å². The molecule has 2 heterocycles. The highest BCUT2D eigenvalue weighted by Gasteiger charge is 2.19. The molecule has 1 saturated heterocycles. The van der Waals surface area contributed by atoms with Gasteiger partial charge in [-0.25, -0.2) is 0 Å². The van der Waals surface area contributed by atoms with E-state index in [0.717, 1.165) is 44.5 Å². The van der Waals surface area contributed by atoms with Gasteiger partial charge in [0.05, 0.1) is 5.69 Å². The summed E-state index contributed by atoms with van der Waals surface area (Å²) >= 11 is 0. The van der Waals surface area contributed by atoms with Gasteiger partial charge in [-0.2, -0.15) is 0 Å². The van der Waals surface area contributed by atoms with Crippen molar-refractivity contribution in [2.24, 2.45) is 0 Å². The van der Waals surface area contributed by atoms with Crippen LogP contribution in [0.4, 0.5) is 0 Å². The van der Waals surface area contributed by atoms with Crippen LogP contribution in [0.15, 0.2) is 31.0 Å². The number of nitrogens with one attached hydrogen (secondary N) is 1. The van der Waals surface area contributed by atoms with Crippen LogP contribution in [0.2, 0.25) is 0 Å². The van der Waals surface area contributed by atoms with Crippen LogP contribution < -0.4 is 5.32 Å². The third kappa shape index (κ3) is 3.10. The van der Waals surface area contributed by atoms with E-state index in [1.165, 1.54) is 0 Å². The van der Waals surface area contributed by atoms with Crippen molar-refractivity contribution in [3.05, 3.63) is 36.7 Å². The third-order valence-corrected chi connectivity index (χ3v) is 3.58. The standard InChI is InChI=1S/C15H22N2O/c1-2-3-4-7-15(18)14-6-5-12-17(14)13-8-10-16-11-9-13/h2,5-6,12-13,16H,1,3-4,7-11H2. The Morgan fingerprint density at radius 1 is 1.50 bits per heavy atom. The van der Waals surface area contributed by atoms with E-state index in [-0.39, 0.29) is 5.78 Å². The lowest BCUT2D eigenvalue weighted by molar-refractivity contribution is 0.0968. The van der Waals surface area contributed by atoms with Crippen molar-refractivity contribution in [1.82, 2.24) is 9.88 Å². The van der Waals surface area contributed by atoms with E-state index in [9.17, 15) is 4.79 Å². The summed E-state index contributed by atoms with van der Waals surface area (Å²) in [7, 11) is 0. The Balaban J connectivity index is 2.01. The molecule has 0 unspecified atom stereocenters. The van der Waals surface area contributed by atoms with E-state index >= 15 is 0 Å². The van der Waals surface area contributed by atoms with E-state index in [1.54, 1.807) is 0 Å². The number of hydrogen-bond donors (Lipinski definition) is 1. The zero-order valence-corrected chi connectivity index (χ0v) is 10.9. The van der Waals surface area contributed by atoms with Gasteiger partial charge in [0.1, 0.15) is 0 Å². The molecule has 1 aromatic heterocycles. The fourth-order valence-corrected chi connectivity index (χ4v) is 2.57. The van der Waals surface area contributed by atoms with Crippen molar-refractivity contribution in [2.45, 2.75) is 38.1 Å². The van der Waals surface area contributed by atoms with Gasteiger partial charge in [0, 0.05) is 18.7 Å². The molecule has 1 aliphatic heterocycles. The Hall–Kier alpha value is -1.35. The zero-order chi connectivity index (χ0) is 12.8. The Morgan fingerprint density at radius 2 is 2.28 bits per heavy atom. The molecule has 1 fully saturated rings. The van der Waals surface area contributed by atoms with Gasteiger partial charge in [-0.3, -0.25) is 4.79 Å². The van der Waals surface area contributed by atoms with Gasteiger partial charge < -0.3 is 9.88 Å². The zero-order valence-electron chi connectivity index (χ0n) is 10.9. The molecular formula is C15H22N2O. The summed E-state index contributed by atoms with van der Waals surface area (Å²) in [6.45, 7) is 5.78. The highest BCUT2D eigenvalue weighted by atomic mass is 16.1. The van der Waals surface area contributed by atoms with Gasteiger partial charge in [-0.05, 0) is 50.9 Å². The summed E-state index contributed by atoms with van der Waals surface area (Å²) in [6.07, 6.45) is 8.60. The Kier molecular flexibility index (Phi) is 4.76. The van der Waals surface area contributed by atoms with Crippen LogP contribution in [0, 0.1) is 0 Å². The minimum Gasteiger partial charge on any atom is -0.342 e. The summed E-state index contributed by atoms with van der Waals surface area (Å²) in [4.78, 5) is 12.2. The van der Waals surface area contributed by atoms with Crippen molar-refractivity contribution in [3.63, 3.8) is 0 Å². The molecule has 0 aromatic carbocycles. The molecule has 0 radical (unpaired) electrons. The van der Waals surface area contributed by atoms with Crippen LogP contribution in [-0.2, 0) is 0 Å². The minimum absolute atomic E-state index is 0.264. The number of nitrogens with zero attached hydrogens (tertiary/aromatic N) is 1. The second-order valence-electron chi connectivity index (χ2n) is 4.89. The molecule has 3 nitrogen and oxygen atoms in total. The van der Waals surface area contributed by atoms with Gasteiger partial charge in [-0.15, -0.1) is 6.58 Å². The van der Waals surface area contributed by atoms with Gasteiger partial charge >= 0.3 is 0 Å². The first-order valence-electron chi connectivity index (χ1n) is 6.84. The number of piperidine rings is 1. The second kappa shape index (κ2) is 6.55. The SMILES string of the molecule is C=CCCCC(=O)c1cccn1C1CCNCC1. The number of allylic oxidation sites excluding steroid dienone is 1. The number of carbonyl (C=O) groups excluding carboxylic acids is 1. The van der Waals surface area contributed by atoms with Crippen LogP contribution in [0.3, 0.4) is 0 Å². The van der Waals surface area contributed by atoms with E-state index < -0.39 is 0 Å². The molecular weight excluding hydrogens is 224 g/mol. The van der Waals surface area contributed by atoms with E-state index in [1.807, 2.05) is 18.2 Å². The number of aromatic nitrogens is 1. The van der Waals surface area contributed by atoms with Crippen LogP contribution >= 0.6 is 0 Å². The number of Topliss-reactive ketones (excluding diaryl/α,β-unsaturated/α-hetero) is 1. The second-order valence-corrected chi connectivity index (χ2v) is 4.89. The average molecular weight is 246 g/mol. The largest absolute Gasteiger partial charge is 0.342 e. The lowest BCUT2D eigenvalue weighted by Gasteiger charge is -2.25. The number of ketones is 1. The van der Waals surface area contributed by atoms with Crippen molar-refractivity contribution in [2.75, 3.05) is 13.1 Å². The summed E-state index contributed by atoms with van der Waals surface area (Å²) in [5, 5.41) is 3.36. The molecule has 3 heteroatoms. The summed E-state index contributed by atoms with van der Waals surface area (Å²) in [5.41, 5.74) is 0.881. The summed E-state index contributed by atoms with van der Waals surface area (Å²) < 4.78 is 2.18. The van der Waals surface area contributed by atoms with Crippen LogP contribution in [0.1, 0.15) is 48.6 Å². The van der Waals surface area contributed by atoms with Crippen molar-refractivity contribution < 1.29 is 4.79 Å². The molecule has 18 heavy (non-hydrogen) atoms. The lowest BCUT2D eigenvalue weighted by Crippen LogP contribution is -2.30. The molecule has 0 amide bonds. The maximum Gasteiger partial charge on any atom is 0.179 e. The van der Waals surface area contributed by atoms with E-state index in [4.69, 9.17) is 0 Å². The number of rotatable bonds is 6. The highest BCUT2D eigenvalue weighted by molar-refractivity contribution is 5.94. The van der Waals surface area contributed by atoms with Crippen LogP contribution in [0.5, 0.6) is 0 Å². The molecule has 98 valence electrons. The first-order chi connectivity index (χ1) is 8.83. The van der Waals surface area contributed by atoms with Gasteiger partial charge in [0.25, 0.3) is 0 Å². The first kappa shape index (κ1) is 13.1. The van der Waals surface area contributed by atoms with Gasteiger partial charge in [-0.1, -0.05) is 6.08 Å². The molecule has 0 aliphatic carbocycles. The summed E-state index contributed by atoms with van der Waals surface area (Å²) in [5.74, 6) is 0.264. The molecule has 1 N–H and O–H groups in total. The third-order valence-electron chi connectivity index (χ3n) is 3.58. The number of unbranched alkanes of at least 4 members (excludes halogenated alkanes) is 1. The van der Waals surface area contributed by atoms with Crippen LogP contribution in [-0.4, -0.2) is 23.4 Å². The predicted octanol–water partition coefficient (Wildman–Crippen LogP) is 2.95. The quantitative estimate of drug-likeness (QED) is 0.476. The average Bonchev–Trinajstić information content (AvgIpc) is 2.89.